The molecule has 124 valence electrons. The van der Waals surface area contributed by atoms with Crippen LogP contribution in [0.4, 0.5) is 13.2 Å². The summed E-state index contributed by atoms with van der Waals surface area (Å²) >= 11 is 0.787. The standard InChI is InChI=1S/C16H17F3N2OS/c1-3-4-10-21(2)15(22)12-13(16(17,18)19)20-14(23-12)11-8-6-5-7-9-11/h5-9H,3-4,10H2,1-2H3. The van der Waals surface area contributed by atoms with E-state index in [1.54, 1.807) is 30.3 Å². The maximum absolute atomic E-state index is 13.2. The summed E-state index contributed by atoms with van der Waals surface area (Å²) in [4.78, 5) is 17.0. The largest absolute Gasteiger partial charge is 0.435 e. The molecule has 1 aromatic carbocycles. The van der Waals surface area contributed by atoms with E-state index >= 15 is 0 Å². The van der Waals surface area contributed by atoms with E-state index in [1.807, 2.05) is 6.92 Å². The third-order valence-electron chi connectivity index (χ3n) is 3.30. The molecule has 2 rings (SSSR count). The number of alkyl halides is 3. The number of carbonyl (C=O) groups excluding carboxylic acids is 1. The predicted molar refractivity (Wildman–Crippen MR) is 84.4 cm³/mol. The van der Waals surface area contributed by atoms with Crippen LogP contribution < -0.4 is 0 Å². The summed E-state index contributed by atoms with van der Waals surface area (Å²) in [6, 6.07) is 8.56. The first-order valence-electron chi connectivity index (χ1n) is 7.23. The minimum absolute atomic E-state index is 0.199. The molecule has 0 fully saturated rings. The third kappa shape index (κ3) is 4.10. The first-order valence-corrected chi connectivity index (χ1v) is 8.05. The Morgan fingerprint density at radius 1 is 1.26 bits per heavy atom. The SMILES string of the molecule is CCCCN(C)C(=O)c1sc(-c2ccccc2)nc1C(F)(F)F. The van der Waals surface area contributed by atoms with Crippen LogP contribution in [0.15, 0.2) is 30.3 Å². The second-order valence-corrected chi connectivity index (χ2v) is 6.14. The number of halogens is 3. The van der Waals surface area contributed by atoms with E-state index in [0.29, 0.717) is 12.1 Å². The van der Waals surface area contributed by atoms with Crippen molar-refractivity contribution in [1.29, 1.82) is 0 Å². The topological polar surface area (TPSA) is 33.2 Å². The number of carbonyl (C=O) groups is 1. The molecule has 0 atom stereocenters. The van der Waals surface area contributed by atoms with Gasteiger partial charge in [-0.25, -0.2) is 4.98 Å². The van der Waals surface area contributed by atoms with Crippen molar-refractivity contribution in [2.24, 2.45) is 0 Å². The molecule has 0 saturated carbocycles. The summed E-state index contributed by atoms with van der Waals surface area (Å²) in [6.07, 6.45) is -3.05. The van der Waals surface area contributed by atoms with Crippen LogP contribution in [0.1, 0.15) is 35.1 Å². The lowest BCUT2D eigenvalue weighted by molar-refractivity contribution is -0.141. The fraction of sp³-hybridized carbons (Fsp3) is 0.375. The highest BCUT2D eigenvalue weighted by molar-refractivity contribution is 7.17. The molecule has 0 aliphatic rings. The van der Waals surface area contributed by atoms with Gasteiger partial charge in [-0.05, 0) is 6.42 Å². The first-order chi connectivity index (χ1) is 10.8. The van der Waals surface area contributed by atoms with Crippen LogP contribution in [0.3, 0.4) is 0 Å². The summed E-state index contributed by atoms with van der Waals surface area (Å²) < 4.78 is 39.7. The Bertz CT molecular complexity index is 668. The van der Waals surface area contributed by atoms with Crippen LogP contribution in [-0.2, 0) is 6.18 Å². The molecule has 7 heteroatoms. The van der Waals surface area contributed by atoms with Crippen LogP contribution in [0.2, 0.25) is 0 Å². The first kappa shape index (κ1) is 17.5. The summed E-state index contributed by atoms with van der Waals surface area (Å²) in [5.41, 5.74) is -0.534. The number of nitrogens with zero attached hydrogens (tertiary/aromatic N) is 2. The summed E-state index contributed by atoms with van der Waals surface area (Å²) in [7, 11) is 1.51. The molecule has 3 nitrogen and oxygen atoms in total. The van der Waals surface area contributed by atoms with Crippen LogP contribution >= 0.6 is 11.3 Å². The lowest BCUT2D eigenvalue weighted by Crippen LogP contribution is -2.28. The molecular formula is C16H17F3N2OS. The second-order valence-electron chi connectivity index (χ2n) is 5.14. The molecule has 0 bridgehead atoms. The molecule has 0 saturated heterocycles. The van der Waals surface area contributed by atoms with Gasteiger partial charge in [0.1, 0.15) is 9.88 Å². The molecule has 0 radical (unpaired) electrons. The number of thiazole rings is 1. The number of hydrogen-bond donors (Lipinski definition) is 0. The number of unbranched alkanes of at least 4 members (excludes halogenated alkanes) is 1. The zero-order valence-corrected chi connectivity index (χ0v) is 13.7. The van der Waals surface area contributed by atoms with Gasteiger partial charge in [-0.15, -0.1) is 11.3 Å². The van der Waals surface area contributed by atoms with E-state index in [4.69, 9.17) is 0 Å². The van der Waals surface area contributed by atoms with Crippen molar-refractivity contribution in [2.75, 3.05) is 13.6 Å². The quantitative estimate of drug-likeness (QED) is 0.789. The number of benzene rings is 1. The van der Waals surface area contributed by atoms with Crippen molar-refractivity contribution in [1.82, 2.24) is 9.88 Å². The zero-order chi connectivity index (χ0) is 17.0. The maximum Gasteiger partial charge on any atom is 0.435 e. The summed E-state index contributed by atoms with van der Waals surface area (Å²) in [5.74, 6) is -0.634. The molecule has 0 unspecified atom stereocenters. The van der Waals surface area contributed by atoms with Crippen molar-refractivity contribution >= 4 is 17.2 Å². The van der Waals surface area contributed by atoms with Gasteiger partial charge in [0, 0.05) is 19.2 Å². The average molecular weight is 342 g/mol. The van der Waals surface area contributed by atoms with E-state index < -0.39 is 17.8 Å². The van der Waals surface area contributed by atoms with Gasteiger partial charge in [-0.1, -0.05) is 43.7 Å². The van der Waals surface area contributed by atoms with E-state index in [-0.39, 0.29) is 9.88 Å². The number of aromatic nitrogens is 1. The Morgan fingerprint density at radius 3 is 2.48 bits per heavy atom. The zero-order valence-electron chi connectivity index (χ0n) is 12.9. The Labute approximate surface area is 136 Å². The average Bonchev–Trinajstić information content (AvgIpc) is 2.98. The fourth-order valence-electron chi connectivity index (χ4n) is 2.03. The van der Waals surface area contributed by atoms with Crippen LogP contribution in [0.25, 0.3) is 10.6 Å². The number of hydrogen-bond acceptors (Lipinski definition) is 3. The van der Waals surface area contributed by atoms with Crippen molar-refractivity contribution in [3.05, 3.63) is 40.9 Å². The number of rotatable bonds is 5. The van der Waals surface area contributed by atoms with Gasteiger partial charge >= 0.3 is 6.18 Å². The minimum atomic E-state index is -4.65. The monoisotopic (exact) mass is 342 g/mol. The Balaban J connectivity index is 2.41. The van der Waals surface area contributed by atoms with E-state index in [2.05, 4.69) is 4.98 Å². The maximum atomic E-state index is 13.2. The van der Waals surface area contributed by atoms with Crippen LogP contribution in [-0.4, -0.2) is 29.4 Å². The van der Waals surface area contributed by atoms with Gasteiger partial charge in [-0.2, -0.15) is 13.2 Å². The van der Waals surface area contributed by atoms with Crippen LogP contribution in [0, 0.1) is 0 Å². The number of amides is 1. The Hall–Kier alpha value is -1.89. The van der Waals surface area contributed by atoms with E-state index in [1.165, 1.54) is 11.9 Å². The van der Waals surface area contributed by atoms with Gasteiger partial charge < -0.3 is 4.90 Å². The van der Waals surface area contributed by atoms with Crippen molar-refractivity contribution in [3.8, 4) is 10.6 Å². The Morgan fingerprint density at radius 2 is 1.91 bits per heavy atom. The highest BCUT2D eigenvalue weighted by atomic mass is 32.1. The van der Waals surface area contributed by atoms with Gasteiger partial charge in [0.2, 0.25) is 0 Å². The molecular weight excluding hydrogens is 325 g/mol. The van der Waals surface area contributed by atoms with Crippen molar-refractivity contribution < 1.29 is 18.0 Å². The lowest BCUT2D eigenvalue weighted by Gasteiger charge is -2.16. The van der Waals surface area contributed by atoms with Crippen molar-refractivity contribution in [3.63, 3.8) is 0 Å². The summed E-state index contributed by atoms with van der Waals surface area (Å²) in [6.45, 7) is 2.38. The van der Waals surface area contributed by atoms with Crippen LogP contribution in [0.5, 0.6) is 0 Å². The third-order valence-corrected chi connectivity index (χ3v) is 4.40. The molecule has 1 amide bonds. The molecule has 1 heterocycles. The Kier molecular flexibility index (Phi) is 5.41. The highest BCUT2D eigenvalue weighted by Gasteiger charge is 2.40. The lowest BCUT2D eigenvalue weighted by atomic mass is 10.2. The van der Waals surface area contributed by atoms with Gasteiger partial charge in [0.25, 0.3) is 5.91 Å². The normalized spacial score (nSPS) is 11.5. The second kappa shape index (κ2) is 7.12. The molecule has 0 spiro atoms. The predicted octanol–water partition coefficient (Wildman–Crippen LogP) is 4.70. The smallest absolute Gasteiger partial charge is 0.341 e. The molecule has 23 heavy (non-hydrogen) atoms. The van der Waals surface area contributed by atoms with Crippen molar-refractivity contribution in [2.45, 2.75) is 25.9 Å². The van der Waals surface area contributed by atoms with E-state index in [0.717, 1.165) is 24.2 Å². The van der Waals surface area contributed by atoms with Gasteiger partial charge in [-0.3, -0.25) is 4.79 Å². The van der Waals surface area contributed by atoms with E-state index in [9.17, 15) is 18.0 Å². The molecule has 2 aromatic rings. The van der Waals surface area contributed by atoms with Gasteiger partial charge in [0.15, 0.2) is 5.69 Å². The van der Waals surface area contributed by atoms with Gasteiger partial charge in [0.05, 0.1) is 0 Å². The molecule has 0 aliphatic heterocycles. The molecule has 1 aromatic heterocycles. The molecule has 0 aliphatic carbocycles. The molecule has 0 N–H and O–H groups in total. The fourth-order valence-corrected chi connectivity index (χ4v) is 3.12. The summed E-state index contributed by atoms with van der Waals surface area (Å²) in [5, 5.41) is 0.199. The minimum Gasteiger partial charge on any atom is -0.341 e. The highest BCUT2D eigenvalue weighted by Crippen LogP contribution is 2.38.